The molecule has 1 heterocycles. The molecule has 1 amide bonds. The Morgan fingerprint density at radius 2 is 1.63 bits per heavy atom. The van der Waals surface area contributed by atoms with Gasteiger partial charge in [-0.15, -0.1) is 0 Å². The van der Waals surface area contributed by atoms with E-state index in [1.165, 1.54) is 19.2 Å². The molecular formula is C19H19N3O4S. The Kier molecular flexibility index (Phi) is 5.18. The minimum atomic E-state index is -3.82. The molecule has 0 radical (unpaired) electrons. The number of anilines is 2. The molecule has 0 aliphatic rings. The summed E-state index contributed by atoms with van der Waals surface area (Å²) in [5.41, 5.74) is 1.10. The quantitative estimate of drug-likeness (QED) is 0.682. The second-order valence-corrected chi connectivity index (χ2v) is 7.47. The highest BCUT2D eigenvalue weighted by atomic mass is 32.2. The highest BCUT2D eigenvalue weighted by molar-refractivity contribution is 7.92. The first-order valence-corrected chi connectivity index (χ1v) is 9.57. The zero-order valence-electron chi connectivity index (χ0n) is 14.8. The fourth-order valence-electron chi connectivity index (χ4n) is 2.52. The third-order valence-corrected chi connectivity index (χ3v) is 5.35. The number of carbonyl (C=O) groups excluding carboxylic acids is 1. The van der Waals surface area contributed by atoms with Gasteiger partial charge in [-0.25, -0.2) is 8.42 Å². The van der Waals surface area contributed by atoms with E-state index >= 15 is 0 Å². The maximum atomic E-state index is 12.7. The maximum Gasteiger partial charge on any atom is 0.272 e. The number of rotatable bonds is 6. The van der Waals surface area contributed by atoms with Crippen LogP contribution in [0.2, 0.25) is 0 Å². The number of hydrogen-bond acceptors (Lipinski definition) is 4. The number of aryl methyl sites for hydroxylation is 1. The van der Waals surface area contributed by atoms with Gasteiger partial charge in [-0.05, 0) is 48.5 Å². The first-order chi connectivity index (χ1) is 12.9. The Hall–Kier alpha value is -3.26. The number of amides is 1. The topological polar surface area (TPSA) is 89.4 Å². The van der Waals surface area contributed by atoms with Crippen molar-refractivity contribution in [3.8, 4) is 5.75 Å². The van der Waals surface area contributed by atoms with Crippen molar-refractivity contribution in [2.45, 2.75) is 4.90 Å². The number of carbonyl (C=O) groups is 1. The van der Waals surface area contributed by atoms with Crippen molar-refractivity contribution in [1.82, 2.24) is 4.57 Å². The van der Waals surface area contributed by atoms with E-state index in [4.69, 9.17) is 4.74 Å². The molecule has 7 nitrogen and oxygen atoms in total. The Balaban J connectivity index is 1.85. The molecule has 0 atom stereocenters. The van der Waals surface area contributed by atoms with Crippen LogP contribution < -0.4 is 14.8 Å². The summed E-state index contributed by atoms with van der Waals surface area (Å²) < 4.78 is 34.5. The lowest BCUT2D eigenvalue weighted by atomic mass is 10.2. The fraction of sp³-hybridized carbons (Fsp3) is 0.105. The third-order valence-electron chi connectivity index (χ3n) is 3.97. The first-order valence-electron chi connectivity index (χ1n) is 8.09. The molecule has 0 aliphatic carbocycles. The van der Waals surface area contributed by atoms with Crippen molar-refractivity contribution >= 4 is 27.3 Å². The van der Waals surface area contributed by atoms with Crippen molar-refractivity contribution in [1.29, 1.82) is 0 Å². The molecule has 0 spiro atoms. The van der Waals surface area contributed by atoms with Gasteiger partial charge in [-0.2, -0.15) is 0 Å². The van der Waals surface area contributed by atoms with E-state index in [1.807, 2.05) is 0 Å². The summed E-state index contributed by atoms with van der Waals surface area (Å²) >= 11 is 0. The van der Waals surface area contributed by atoms with E-state index in [0.717, 1.165) is 0 Å². The van der Waals surface area contributed by atoms with Gasteiger partial charge in [0, 0.05) is 13.2 Å². The summed E-state index contributed by atoms with van der Waals surface area (Å²) in [6.07, 6.45) is 1.76. The minimum Gasteiger partial charge on any atom is -0.497 e. The maximum absolute atomic E-state index is 12.7. The van der Waals surface area contributed by atoms with Crippen LogP contribution in [0.5, 0.6) is 5.75 Å². The second kappa shape index (κ2) is 7.55. The summed E-state index contributed by atoms with van der Waals surface area (Å²) in [6.45, 7) is 0. The number of sulfonamides is 1. The molecule has 3 rings (SSSR count). The molecule has 0 unspecified atom stereocenters. The van der Waals surface area contributed by atoms with Crippen molar-refractivity contribution in [2.24, 2.45) is 7.05 Å². The monoisotopic (exact) mass is 385 g/mol. The number of benzene rings is 2. The molecule has 3 aromatic rings. The summed E-state index contributed by atoms with van der Waals surface area (Å²) in [5, 5.41) is 2.74. The fourth-order valence-corrected chi connectivity index (χ4v) is 3.60. The van der Waals surface area contributed by atoms with Gasteiger partial charge in [0.05, 0.1) is 23.4 Å². The average molecular weight is 385 g/mol. The largest absolute Gasteiger partial charge is 0.497 e. The highest BCUT2D eigenvalue weighted by Gasteiger charge is 2.17. The van der Waals surface area contributed by atoms with E-state index in [9.17, 15) is 13.2 Å². The predicted octanol–water partition coefficient (Wildman–Crippen LogP) is 3.09. The highest BCUT2D eigenvalue weighted by Crippen LogP contribution is 2.25. The number of ether oxygens (including phenoxy) is 1. The summed E-state index contributed by atoms with van der Waals surface area (Å²) in [5.74, 6) is 0.225. The Morgan fingerprint density at radius 3 is 2.22 bits per heavy atom. The Morgan fingerprint density at radius 1 is 0.963 bits per heavy atom. The van der Waals surface area contributed by atoms with E-state index in [0.29, 0.717) is 17.1 Å². The van der Waals surface area contributed by atoms with Crippen molar-refractivity contribution in [2.75, 3.05) is 17.1 Å². The molecule has 2 N–H and O–H groups in total. The van der Waals surface area contributed by atoms with E-state index in [2.05, 4.69) is 10.0 Å². The molecule has 0 bridgehead atoms. The number of nitrogens with one attached hydrogen (secondary N) is 2. The van der Waals surface area contributed by atoms with Crippen LogP contribution in [0.25, 0.3) is 0 Å². The van der Waals surface area contributed by atoms with Crippen molar-refractivity contribution in [3.63, 3.8) is 0 Å². The molecule has 0 fully saturated rings. The van der Waals surface area contributed by atoms with Gasteiger partial charge in [0.15, 0.2) is 0 Å². The molecule has 1 aromatic heterocycles. The molecule has 27 heavy (non-hydrogen) atoms. The Labute approximate surface area is 157 Å². The number of hydrogen-bond donors (Lipinski definition) is 2. The van der Waals surface area contributed by atoms with Crippen LogP contribution in [0.15, 0.2) is 71.8 Å². The molecule has 2 aromatic carbocycles. The number of nitrogens with zero attached hydrogens (tertiary/aromatic N) is 1. The normalized spacial score (nSPS) is 11.0. The van der Waals surface area contributed by atoms with Gasteiger partial charge in [-0.1, -0.05) is 12.1 Å². The summed E-state index contributed by atoms with van der Waals surface area (Å²) in [7, 11) is -0.556. The van der Waals surface area contributed by atoms with Crippen LogP contribution in [-0.4, -0.2) is 26.0 Å². The lowest BCUT2D eigenvalue weighted by molar-refractivity contribution is 0.101. The van der Waals surface area contributed by atoms with E-state index < -0.39 is 10.0 Å². The number of methoxy groups -OCH3 is 1. The van der Waals surface area contributed by atoms with Gasteiger partial charge < -0.3 is 14.6 Å². The molecule has 0 aliphatic heterocycles. The average Bonchev–Trinajstić information content (AvgIpc) is 3.09. The lowest BCUT2D eigenvalue weighted by Crippen LogP contribution is -2.18. The van der Waals surface area contributed by atoms with Gasteiger partial charge >= 0.3 is 0 Å². The smallest absolute Gasteiger partial charge is 0.272 e. The first kappa shape index (κ1) is 18.5. The standard InChI is InChI=1S/C19H19N3O4S/c1-22-13-5-8-18(22)19(23)20-16-6-3-4-7-17(16)21-27(24,25)15-11-9-14(26-2)10-12-15/h3-13,21H,1-2H3,(H,20,23). The number of aromatic nitrogens is 1. The molecular weight excluding hydrogens is 366 g/mol. The van der Waals surface area contributed by atoms with E-state index in [-0.39, 0.29) is 16.5 Å². The van der Waals surface area contributed by atoms with Crippen LogP contribution in [0, 0.1) is 0 Å². The number of para-hydroxylation sites is 2. The van der Waals surface area contributed by atoms with Gasteiger partial charge in [-0.3, -0.25) is 9.52 Å². The molecule has 8 heteroatoms. The van der Waals surface area contributed by atoms with Crippen molar-refractivity contribution < 1.29 is 17.9 Å². The summed E-state index contributed by atoms with van der Waals surface area (Å²) in [4.78, 5) is 12.5. The molecule has 140 valence electrons. The van der Waals surface area contributed by atoms with Crippen LogP contribution in [0.1, 0.15) is 10.5 Å². The van der Waals surface area contributed by atoms with Crippen LogP contribution in [0.4, 0.5) is 11.4 Å². The van der Waals surface area contributed by atoms with Crippen molar-refractivity contribution in [3.05, 3.63) is 72.6 Å². The zero-order chi connectivity index (χ0) is 19.4. The predicted molar refractivity (Wildman–Crippen MR) is 104 cm³/mol. The van der Waals surface area contributed by atoms with Gasteiger partial charge in [0.25, 0.3) is 15.9 Å². The zero-order valence-corrected chi connectivity index (χ0v) is 15.7. The molecule has 0 saturated heterocycles. The van der Waals surface area contributed by atoms with Crippen LogP contribution in [-0.2, 0) is 17.1 Å². The summed E-state index contributed by atoms with van der Waals surface area (Å²) in [6, 6.07) is 16.1. The third kappa shape index (κ3) is 4.12. The van der Waals surface area contributed by atoms with Crippen LogP contribution in [0.3, 0.4) is 0 Å². The SMILES string of the molecule is COc1ccc(S(=O)(=O)Nc2ccccc2NC(=O)c2cccn2C)cc1. The van der Waals surface area contributed by atoms with Gasteiger partial charge in [0.2, 0.25) is 0 Å². The Bertz CT molecular complexity index is 1060. The van der Waals surface area contributed by atoms with E-state index in [1.54, 1.807) is 66.3 Å². The van der Waals surface area contributed by atoms with Gasteiger partial charge in [0.1, 0.15) is 11.4 Å². The minimum absolute atomic E-state index is 0.0897. The lowest BCUT2D eigenvalue weighted by Gasteiger charge is -2.14. The van der Waals surface area contributed by atoms with Crippen LogP contribution >= 0.6 is 0 Å². The molecule has 0 saturated carbocycles. The second-order valence-electron chi connectivity index (χ2n) is 5.79.